The zero-order valence-corrected chi connectivity index (χ0v) is 6.79. The van der Waals surface area contributed by atoms with Gasteiger partial charge < -0.3 is 4.55 Å². The van der Waals surface area contributed by atoms with Gasteiger partial charge in [-0.05, 0) is 11.1 Å². The Morgan fingerprint density at radius 1 is 1.90 bits per heavy atom. The highest BCUT2D eigenvalue weighted by Crippen LogP contribution is 1.81. The van der Waals surface area contributed by atoms with E-state index in [0.29, 0.717) is 0 Å². The second-order valence-electron chi connectivity index (χ2n) is 1.45. The van der Waals surface area contributed by atoms with Crippen molar-refractivity contribution < 1.29 is 17.3 Å². The van der Waals surface area contributed by atoms with Crippen LogP contribution in [-0.2, 0) is 25.4 Å². The molecule has 0 bridgehead atoms. The third-order valence-corrected chi connectivity index (χ3v) is 1.18. The van der Waals surface area contributed by atoms with Gasteiger partial charge in [-0.3, -0.25) is 4.21 Å². The minimum atomic E-state index is -3.10. The summed E-state index contributed by atoms with van der Waals surface area (Å²) in [6.45, 7) is 0. The summed E-state index contributed by atoms with van der Waals surface area (Å²) >= 11 is -2.30. The molecule has 0 aliphatic carbocycles. The molecule has 0 aromatic carbocycles. The topological polar surface area (TPSA) is 102 Å². The number of hydroxylamine groups is 1. The maximum Gasteiger partial charge on any atom is 0.173 e. The van der Waals surface area contributed by atoms with E-state index >= 15 is 0 Å². The van der Waals surface area contributed by atoms with Gasteiger partial charge in [0, 0.05) is 6.26 Å². The summed E-state index contributed by atoms with van der Waals surface area (Å²) in [5.41, 5.74) is 1.85. The number of hydrogen-bond donors (Lipinski definition) is 2. The predicted molar refractivity (Wildman–Crippen MR) is 34.8 cm³/mol. The molecule has 0 saturated heterocycles. The predicted octanol–water partition coefficient (Wildman–Crippen LogP) is -1.06. The quantitative estimate of drug-likeness (QED) is 0.431. The van der Waals surface area contributed by atoms with Crippen LogP contribution < -0.4 is 5.48 Å². The van der Waals surface area contributed by atoms with Crippen molar-refractivity contribution in [2.75, 3.05) is 12.1 Å². The Morgan fingerprint density at radius 3 is 2.70 bits per heavy atom. The first kappa shape index (κ1) is 9.98. The third kappa shape index (κ3) is 7.98. The van der Waals surface area contributed by atoms with Gasteiger partial charge in [0.15, 0.2) is 10.0 Å². The summed E-state index contributed by atoms with van der Waals surface area (Å²) in [5, 5.41) is 0. The summed E-state index contributed by atoms with van der Waals surface area (Å²) in [4.78, 5) is 0. The molecule has 62 valence electrons. The van der Waals surface area contributed by atoms with Crippen LogP contribution in [0.4, 0.5) is 0 Å². The smallest absolute Gasteiger partial charge is 0.173 e. The van der Waals surface area contributed by atoms with Crippen LogP contribution in [0.2, 0.25) is 0 Å². The molecule has 0 amide bonds. The molecule has 0 saturated carbocycles. The summed E-state index contributed by atoms with van der Waals surface area (Å²) < 4.78 is 40.6. The van der Waals surface area contributed by atoms with E-state index in [0.717, 1.165) is 6.26 Å². The molecular formula is C2H7N2O4S2-. The fourth-order valence-corrected chi connectivity index (χ4v) is 0.698. The van der Waals surface area contributed by atoms with Crippen molar-refractivity contribution >= 4 is 21.1 Å². The Kier molecular flexibility index (Phi) is 3.98. The first-order chi connectivity index (χ1) is 4.42. The molecule has 0 aromatic heterocycles. The average molecular weight is 187 g/mol. The fraction of sp³-hybridized carbons (Fsp3) is 1.00. The molecular weight excluding hydrogens is 180 g/mol. The lowest BCUT2D eigenvalue weighted by Gasteiger charge is -2.05. The van der Waals surface area contributed by atoms with E-state index < -0.39 is 27.0 Å². The van der Waals surface area contributed by atoms with E-state index in [4.69, 9.17) is 4.78 Å². The average Bonchev–Trinajstić information content (AvgIpc) is 1.59. The third-order valence-electron chi connectivity index (χ3n) is 0.395. The van der Waals surface area contributed by atoms with E-state index in [-0.39, 0.29) is 0 Å². The SMILES string of the molecule is CS(=N)(=O)ONCS(=O)[O-]. The summed E-state index contributed by atoms with van der Waals surface area (Å²) in [6, 6.07) is 0. The highest BCUT2D eigenvalue weighted by molar-refractivity contribution is 7.87. The van der Waals surface area contributed by atoms with Crippen molar-refractivity contribution in [3.8, 4) is 0 Å². The first-order valence-electron chi connectivity index (χ1n) is 2.13. The fourth-order valence-electron chi connectivity index (χ4n) is 0.185. The molecule has 0 spiro atoms. The molecule has 0 aliphatic rings. The zero-order chi connectivity index (χ0) is 8.20. The number of hydrogen-bond acceptors (Lipinski definition) is 6. The molecule has 6 nitrogen and oxygen atoms in total. The molecule has 8 heteroatoms. The van der Waals surface area contributed by atoms with Crippen molar-refractivity contribution in [1.82, 2.24) is 5.48 Å². The van der Waals surface area contributed by atoms with Gasteiger partial charge in [-0.1, -0.05) is 0 Å². The second-order valence-corrected chi connectivity index (χ2v) is 4.06. The van der Waals surface area contributed by atoms with Gasteiger partial charge in [0.25, 0.3) is 0 Å². The van der Waals surface area contributed by atoms with Crippen LogP contribution in [0.15, 0.2) is 0 Å². The maximum atomic E-state index is 10.3. The van der Waals surface area contributed by atoms with Crippen LogP contribution in [0.25, 0.3) is 0 Å². The molecule has 0 aromatic rings. The molecule has 2 N–H and O–H groups in total. The Hall–Kier alpha value is -0.0200. The normalized spacial score (nSPS) is 19.8. The van der Waals surface area contributed by atoms with Gasteiger partial charge in [0.05, 0.1) is 5.88 Å². The van der Waals surface area contributed by atoms with Crippen LogP contribution in [0.1, 0.15) is 0 Å². The van der Waals surface area contributed by atoms with Gasteiger partial charge in [-0.15, -0.1) is 0 Å². The van der Waals surface area contributed by atoms with Crippen LogP contribution in [0.3, 0.4) is 0 Å². The molecule has 0 fully saturated rings. The van der Waals surface area contributed by atoms with Gasteiger partial charge in [-0.25, -0.2) is 8.99 Å². The highest BCUT2D eigenvalue weighted by atomic mass is 32.2. The van der Waals surface area contributed by atoms with E-state index in [2.05, 4.69) is 4.28 Å². The maximum absolute atomic E-state index is 10.3. The van der Waals surface area contributed by atoms with Crippen LogP contribution in [-0.4, -0.2) is 25.1 Å². The van der Waals surface area contributed by atoms with Gasteiger partial charge in [0.1, 0.15) is 0 Å². The molecule has 2 unspecified atom stereocenters. The molecule has 0 rings (SSSR count). The summed E-state index contributed by atoms with van der Waals surface area (Å²) in [5.74, 6) is -0.469. The molecule has 0 radical (unpaired) electrons. The van der Waals surface area contributed by atoms with Crippen LogP contribution in [0, 0.1) is 4.78 Å². The molecule has 2 atom stereocenters. The minimum absolute atomic E-state index is 0.469. The lowest BCUT2D eigenvalue weighted by molar-refractivity contribution is 0.237. The van der Waals surface area contributed by atoms with E-state index in [1.54, 1.807) is 0 Å². The zero-order valence-electron chi connectivity index (χ0n) is 5.16. The van der Waals surface area contributed by atoms with Crippen molar-refractivity contribution in [2.24, 2.45) is 0 Å². The number of rotatable bonds is 4. The number of nitrogens with one attached hydrogen (secondary N) is 2. The van der Waals surface area contributed by atoms with E-state index in [9.17, 15) is 13.0 Å². The Labute approximate surface area is 61.4 Å². The Morgan fingerprint density at radius 2 is 2.40 bits per heavy atom. The summed E-state index contributed by atoms with van der Waals surface area (Å²) in [7, 11) is -3.10. The first-order valence-corrected chi connectivity index (χ1v) is 5.26. The van der Waals surface area contributed by atoms with Crippen molar-refractivity contribution in [2.45, 2.75) is 0 Å². The highest BCUT2D eigenvalue weighted by Gasteiger charge is 1.94. The van der Waals surface area contributed by atoms with Gasteiger partial charge in [0.2, 0.25) is 0 Å². The Bertz CT molecular complexity index is 209. The lowest BCUT2D eigenvalue weighted by atomic mass is 11.5. The second kappa shape index (κ2) is 3.98. The van der Waals surface area contributed by atoms with Crippen molar-refractivity contribution in [3.63, 3.8) is 0 Å². The molecule has 10 heavy (non-hydrogen) atoms. The van der Waals surface area contributed by atoms with Crippen LogP contribution in [0.5, 0.6) is 0 Å². The largest absolute Gasteiger partial charge is 0.771 e. The van der Waals surface area contributed by atoms with Gasteiger partial charge in [-0.2, -0.15) is 9.76 Å². The van der Waals surface area contributed by atoms with E-state index in [1.165, 1.54) is 0 Å². The van der Waals surface area contributed by atoms with E-state index in [1.807, 2.05) is 5.48 Å². The molecule has 0 heterocycles. The Balaban J connectivity index is 3.49. The lowest BCUT2D eigenvalue weighted by Crippen LogP contribution is -2.22. The van der Waals surface area contributed by atoms with Crippen LogP contribution >= 0.6 is 0 Å². The monoisotopic (exact) mass is 187 g/mol. The minimum Gasteiger partial charge on any atom is -0.771 e. The van der Waals surface area contributed by atoms with Crippen molar-refractivity contribution in [3.05, 3.63) is 0 Å². The van der Waals surface area contributed by atoms with Crippen molar-refractivity contribution in [1.29, 1.82) is 4.78 Å². The summed E-state index contributed by atoms with van der Waals surface area (Å²) in [6.07, 6.45) is 1.02. The van der Waals surface area contributed by atoms with Gasteiger partial charge >= 0.3 is 0 Å². The standard InChI is InChI=1S/C2H8N2O4S2/c1-10(3,7)8-4-2-9(5)6/h3-4H,2H2,1H3,(H,5,6)/p-1. The molecule has 0 aliphatic heterocycles.